The Morgan fingerprint density at radius 3 is 3.14 bits per heavy atom. The highest BCUT2D eigenvalue weighted by molar-refractivity contribution is 5.91. The second-order valence-corrected chi connectivity index (χ2v) is 5.34. The molecule has 1 nitrogen and oxygen atoms in total. The van der Waals surface area contributed by atoms with Gasteiger partial charge in [-0.1, -0.05) is 19.4 Å². The van der Waals surface area contributed by atoms with Crippen molar-refractivity contribution in [2.75, 3.05) is 0 Å². The Balaban J connectivity index is 2.15. The van der Waals surface area contributed by atoms with Crippen LogP contribution in [0.25, 0.3) is 0 Å². The molecule has 4 rings (SSSR count). The van der Waals surface area contributed by atoms with Crippen LogP contribution in [-0.4, -0.2) is 5.78 Å². The Morgan fingerprint density at radius 2 is 2.43 bits per heavy atom. The Kier molecular flexibility index (Phi) is 0.980. The summed E-state index contributed by atoms with van der Waals surface area (Å²) >= 11 is 0. The molecule has 1 heteroatoms. The Hall–Kier alpha value is -0.590. The third-order valence-corrected chi connectivity index (χ3v) is 4.40. The number of ketones is 1. The lowest BCUT2D eigenvalue weighted by molar-refractivity contribution is -0.116. The molecule has 0 aromatic heterocycles. The minimum Gasteiger partial charge on any atom is -0.295 e. The zero-order valence-electron chi connectivity index (χ0n) is 12.7. The van der Waals surface area contributed by atoms with Gasteiger partial charge in [0.15, 0.2) is 5.78 Å². The Labute approximate surface area is 91.2 Å². The predicted molar refractivity (Wildman–Crippen MR) is 55.8 cm³/mol. The lowest BCUT2D eigenvalue weighted by Gasteiger charge is -2.60. The van der Waals surface area contributed by atoms with Gasteiger partial charge in [0.25, 0.3) is 0 Å². The summed E-state index contributed by atoms with van der Waals surface area (Å²) in [5.74, 6) is -1.18. The van der Waals surface area contributed by atoms with Crippen LogP contribution in [0.1, 0.15) is 45.0 Å². The van der Waals surface area contributed by atoms with Crippen molar-refractivity contribution in [3.05, 3.63) is 11.6 Å². The fraction of sp³-hybridized carbons (Fsp3) is 0.769. The van der Waals surface area contributed by atoms with E-state index in [1.54, 1.807) is 0 Å². The van der Waals surface area contributed by atoms with Crippen LogP contribution in [0, 0.1) is 23.1 Å². The van der Waals surface area contributed by atoms with E-state index in [0.717, 1.165) is 6.42 Å². The highest BCUT2D eigenvalue weighted by atomic mass is 16.1. The average molecular weight is 194 g/mol. The van der Waals surface area contributed by atoms with Crippen LogP contribution in [0.5, 0.6) is 0 Å². The molecule has 0 unspecified atom stereocenters. The number of hydrogen-bond acceptors (Lipinski definition) is 1. The number of rotatable bonds is 0. The molecule has 4 aliphatic rings. The molecule has 3 saturated carbocycles. The van der Waals surface area contributed by atoms with Crippen LogP contribution in [0.15, 0.2) is 11.6 Å². The molecule has 0 radical (unpaired) electrons. The first-order valence-electron chi connectivity index (χ1n) is 7.36. The third-order valence-electron chi connectivity index (χ3n) is 4.40. The van der Waals surface area contributed by atoms with Gasteiger partial charge in [-0.15, -0.1) is 0 Å². The van der Waals surface area contributed by atoms with Gasteiger partial charge in [0, 0.05) is 10.5 Å². The molecule has 3 fully saturated rings. The van der Waals surface area contributed by atoms with E-state index in [9.17, 15) is 4.79 Å². The van der Waals surface area contributed by atoms with Crippen molar-refractivity contribution in [2.45, 2.75) is 39.5 Å². The molecule has 0 N–H and O–H groups in total. The summed E-state index contributed by atoms with van der Waals surface area (Å²) < 4.78 is 32.0. The maximum atomic E-state index is 11.9. The molecule has 4 aliphatic carbocycles. The van der Waals surface area contributed by atoms with Gasteiger partial charge in [-0.3, -0.25) is 4.79 Å². The maximum Gasteiger partial charge on any atom is 0.155 e. The van der Waals surface area contributed by atoms with E-state index in [1.807, 2.05) is 0 Å². The molecule has 76 valence electrons. The molecular weight excluding hydrogens is 172 g/mol. The Morgan fingerprint density at radius 1 is 1.64 bits per heavy atom. The van der Waals surface area contributed by atoms with Gasteiger partial charge in [0.2, 0.25) is 0 Å². The zero-order valence-corrected chi connectivity index (χ0v) is 8.68. The van der Waals surface area contributed by atoms with Crippen LogP contribution in [0.2, 0.25) is 0 Å². The maximum absolute atomic E-state index is 11.9. The first-order chi connectivity index (χ1) is 8.09. The van der Waals surface area contributed by atoms with Gasteiger partial charge in [0.05, 0.1) is 1.37 Å². The fourth-order valence-corrected chi connectivity index (χ4v) is 3.20. The van der Waals surface area contributed by atoms with Crippen molar-refractivity contribution in [3.63, 3.8) is 0 Å². The molecule has 2 bridgehead atoms. The van der Waals surface area contributed by atoms with E-state index >= 15 is 0 Å². The highest BCUT2D eigenvalue weighted by Gasteiger charge is 2.55. The molecule has 0 amide bonds. The molecule has 0 heterocycles. The number of allylic oxidation sites excluding steroid dienone is 2. The minimum atomic E-state index is -2.03. The Bertz CT molecular complexity index is 479. The van der Waals surface area contributed by atoms with Crippen molar-refractivity contribution in [2.24, 2.45) is 23.1 Å². The highest BCUT2D eigenvalue weighted by Crippen LogP contribution is 2.64. The van der Waals surface area contributed by atoms with Crippen LogP contribution in [0.4, 0.5) is 0 Å². The summed E-state index contributed by atoms with van der Waals surface area (Å²) in [7, 11) is 0. The van der Waals surface area contributed by atoms with E-state index in [-0.39, 0.29) is 23.8 Å². The van der Waals surface area contributed by atoms with Crippen LogP contribution in [0.3, 0.4) is 0 Å². The van der Waals surface area contributed by atoms with E-state index in [0.29, 0.717) is 17.9 Å². The number of hydrogen-bond donors (Lipinski definition) is 0. The van der Waals surface area contributed by atoms with E-state index < -0.39 is 18.1 Å². The van der Waals surface area contributed by atoms with Gasteiger partial charge < -0.3 is 0 Å². The van der Waals surface area contributed by atoms with Gasteiger partial charge in [-0.05, 0) is 48.5 Å². The third kappa shape index (κ3) is 0.933. The summed E-state index contributed by atoms with van der Waals surface area (Å²) in [5.41, 5.74) is 0.686. The minimum absolute atomic E-state index is 0.0660. The van der Waals surface area contributed by atoms with Gasteiger partial charge in [-0.2, -0.15) is 0 Å². The first kappa shape index (κ1) is 5.48. The molecular formula is C13H18O. The largest absolute Gasteiger partial charge is 0.295 e. The molecule has 0 saturated heterocycles. The lowest BCUT2D eigenvalue weighted by Crippen LogP contribution is -2.52. The monoisotopic (exact) mass is 194 g/mol. The molecule has 0 aromatic carbocycles. The topological polar surface area (TPSA) is 17.1 Å². The van der Waals surface area contributed by atoms with Crippen LogP contribution < -0.4 is 0 Å². The standard InChI is InChI=1S/C13H18O/c1-13(2)9-5-8-3-4-10(14)7-11(8)12(13)6-9/h7-9,12H,3-6H2,1-2H3/t8-,9+,12+/m1/s1/i4D2,7D,8D. The van der Waals surface area contributed by atoms with Crippen LogP contribution >= 0.6 is 0 Å². The van der Waals surface area contributed by atoms with Gasteiger partial charge >= 0.3 is 0 Å². The van der Waals surface area contributed by atoms with Crippen molar-refractivity contribution >= 4 is 5.78 Å². The quantitative estimate of drug-likeness (QED) is 0.579. The molecule has 0 aliphatic heterocycles. The van der Waals surface area contributed by atoms with Crippen molar-refractivity contribution in [1.82, 2.24) is 0 Å². The zero-order chi connectivity index (χ0) is 13.5. The van der Waals surface area contributed by atoms with Crippen molar-refractivity contribution in [1.29, 1.82) is 0 Å². The lowest BCUT2D eigenvalue weighted by atomic mass is 9.44. The number of carbonyl (C=O) groups is 1. The second kappa shape index (κ2) is 2.50. The SMILES string of the molecule is [2H]C1=C2[C@@H]3C[C@H](C[C@@]2([2H])CC([2H])([2H])C1=O)C3(C)C. The van der Waals surface area contributed by atoms with Crippen molar-refractivity contribution < 1.29 is 10.3 Å². The summed E-state index contributed by atoms with van der Waals surface area (Å²) in [4.78, 5) is 11.9. The summed E-state index contributed by atoms with van der Waals surface area (Å²) in [5, 5.41) is 0. The fourth-order valence-electron chi connectivity index (χ4n) is 3.20. The molecule has 0 aromatic rings. The van der Waals surface area contributed by atoms with Crippen molar-refractivity contribution in [3.8, 4) is 0 Å². The predicted octanol–water partition coefficient (Wildman–Crippen LogP) is 2.96. The van der Waals surface area contributed by atoms with Crippen LogP contribution in [-0.2, 0) is 4.79 Å². The second-order valence-electron chi connectivity index (χ2n) is 5.34. The molecule has 0 spiro atoms. The molecule has 14 heavy (non-hydrogen) atoms. The number of carbonyl (C=O) groups excluding carboxylic acids is 1. The smallest absolute Gasteiger partial charge is 0.155 e. The normalized spacial score (nSPS) is 57.4. The van der Waals surface area contributed by atoms with Gasteiger partial charge in [-0.25, -0.2) is 0 Å². The average Bonchev–Trinajstić information content (AvgIpc) is 2.23. The van der Waals surface area contributed by atoms with Gasteiger partial charge in [0.1, 0.15) is 0 Å². The molecule has 3 atom stereocenters. The first-order valence-corrected chi connectivity index (χ1v) is 5.36. The van der Waals surface area contributed by atoms with E-state index in [4.69, 9.17) is 5.48 Å². The van der Waals surface area contributed by atoms with E-state index in [1.165, 1.54) is 0 Å². The van der Waals surface area contributed by atoms with E-state index in [2.05, 4.69) is 13.8 Å². The summed E-state index contributed by atoms with van der Waals surface area (Å²) in [6, 6.07) is -0.211. The summed E-state index contributed by atoms with van der Waals surface area (Å²) in [6.07, 6.45) is -0.543. The summed E-state index contributed by atoms with van der Waals surface area (Å²) in [6.45, 7) is 4.28.